The summed E-state index contributed by atoms with van der Waals surface area (Å²) in [6.45, 7) is 4.05. The predicted molar refractivity (Wildman–Crippen MR) is 113 cm³/mol. The summed E-state index contributed by atoms with van der Waals surface area (Å²) in [5.41, 5.74) is 10.7. The van der Waals surface area contributed by atoms with Gasteiger partial charge in [-0.05, 0) is 55.5 Å². The number of hydrogen-bond donors (Lipinski definition) is 1. The number of rotatable bonds is 4. The van der Waals surface area contributed by atoms with Crippen molar-refractivity contribution in [2.75, 3.05) is 5.73 Å². The first kappa shape index (κ1) is 18.5. The van der Waals surface area contributed by atoms with Crippen LogP contribution in [-0.4, -0.2) is 16.3 Å². The van der Waals surface area contributed by atoms with Crippen LogP contribution in [0.25, 0.3) is 10.9 Å². The van der Waals surface area contributed by atoms with Gasteiger partial charge in [0.05, 0.1) is 11.2 Å². The normalized spacial score (nSPS) is 14.6. The van der Waals surface area contributed by atoms with Gasteiger partial charge in [0.15, 0.2) is 5.78 Å². The standard InChI is InChI=1S/C24H26N2O2/c1-3-16-11-13-18(14-12-16)24(28)26-19-10-6-7-15(2)20(19)21(25)22(26)23(27)17-8-4-5-9-17/h6-7,10-14,17H,3-5,8-9,25H2,1-2H3. The molecule has 0 radical (unpaired) electrons. The Morgan fingerprint density at radius 2 is 1.75 bits per heavy atom. The Morgan fingerprint density at radius 1 is 1.07 bits per heavy atom. The highest BCUT2D eigenvalue weighted by Gasteiger charge is 2.32. The van der Waals surface area contributed by atoms with Crippen molar-refractivity contribution in [3.05, 3.63) is 64.8 Å². The first-order valence-corrected chi connectivity index (χ1v) is 10.1. The lowest BCUT2D eigenvalue weighted by Gasteiger charge is -2.13. The van der Waals surface area contributed by atoms with Crippen molar-refractivity contribution in [2.24, 2.45) is 5.92 Å². The van der Waals surface area contributed by atoms with E-state index in [4.69, 9.17) is 5.73 Å². The number of carbonyl (C=O) groups is 2. The highest BCUT2D eigenvalue weighted by Crippen LogP contribution is 2.36. The van der Waals surface area contributed by atoms with Gasteiger partial charge in [0.1, 0.15) is 5.69 Å². The Labute approximate surface area is 165 Å². The highest BCUT2D eigenvalue weighted by molar-refractivity contribution is 6.17. The fourth-order valence-electron chi connectivity index (χ4n) is 4.40. The van der Waals surface area contributed by atoms with Crippen molar-refractivity contribution in [3.63, 3.8) is 0 Å². The van der Waals surface area contributed by atoms with Gasteiger partial charge in [-0.25, -0.2) is 0 Å². The summed E-state index contributed by atoms with van der Waals surface area (Å²) < 4.78 is 1.55. The third-order valence-corrected chi connectivity index (χ3v) is 6.01. The molecule has 1 fully saturated rings. The van der Waals surface area contributed by atoms with Crippen LogP contribution < -0.4 is 5.73 Å². The second-order valence-corrected chi connectivity index (χ2v) is 7.77. The van der Waals surface area contributed by atoms with Gasteiger partial charge in [0.25, 0.3) is 5.91 Å². The third-order valence-electron chi connectivity index (χ3n) is 6.01. The van der Waals surface area contributed by atoms with E-state index in [1.165, 1.54) is 5.56 Å². The number of nitrogens with two attached hydrogens (primary N) is 1. The molecule has 144 valence electrons. The molecule has 4 rings (SSSR count). The molecule has 28 heavy (non-hydrogen) atoms. The largest absolute Gasteiger partial charge is 0.396 e. The SMILES string of the molecule is CCc1ccc(C(=O)n2c(C(=O)C3CCCC3)c(N)c3c(C)cccc32)cc1. The van der Waals surface area contributed by atoms with Gasteiger partial charge >= 0.3 is 0 Å². The molecule has 0 amide bonds. The summed E-state index contributed by atoms with van der Waals surface area (Å²) in [7, 11) is 0. The second kappa shape index (κ2) is 7.27. The number of aromatic nitrogens is 1. The smallest absolute Gasteiger partial charge is 0.263 e. The topological polar surface area (TPSA) is 65.1 Å². The van der Waals surface area contributed by atoms with Crippen molar-refractivity contribution in [1.29, 1.82) is 0 Å². The zero-order valence-electron chi connectivity index (χ0n) is 16.5. The Balaban J connectivity index is 1.92. The van der Waals surface area contributed by atoms with Gasteiger partial charge in [0, 0.05) is 16.9 Å². The monoisotopic (exact) mass is 374 g/mol. The summed E-state index contributed by atoms with van der Waals surface area (Å²) in [6, 6.07) is 13.4. The van der Waals surface area contributed by atoms with E-state index in [0.29, 0.717) is 22.5 Å². The number of nitrogen functional groups attached to an aromatic ring is 1. The molecule has 1 heterocycles. The number of hydrogen-bond acceptors (Lipinski definition) is 3. The third kappa shape index (κ3) is 2.93. The van der Waals surface area contributed by atoms with Crippen molar-refractivity contribution in [1.82, 2.24) is 4.57 Å². The molecule has 3 aromatic rings. The highest BCUT2D eigenvalue weighted by atomic mass is 16.2. The molecule has 0 saturated heterocycles. The van der Waals surface area contributed by atoms with E-state index in [-0.39, 0.29) is 17.6 Å². The first-order chi connectivity index (χ1) is 13.5. The molecule has 1 aliphatic rings. The van der Waals surface area contributed by atoms with E-state index in [2.05, 4.69) is 6.92 Å². The number of Topliss-reactive ketones (excluding diaryl/α,β-unsaturated/α-hetero) is 1. The minimum Gasteiger partial charge on any atom is -0.396 e. The van der Waals surface area contributed by atoms with Gasteiger partial charge in [-0.15, -0.1) is 0 Å². The van der Waals surface area contributed by atoms with Gasteiger partial charge in [-0.1, -0.05) is 44.0 Å². The average Bonchev–Trinajstić information content (AvgIpc) is 3.34. The van der Waals surface area contributed by atoms with Crippen LogP contribution in [0.1, 0.15) is 64.6 Å². The number of fused-ring (bicyclic) bond motifs is 1. The van der Waals surface area contributed by atoms with Crippen molar-refractivity contribution < 1.29 is 9.59 Å². The van der Waals surface area contributed by atoms with Crippen LogP contribution >= 0.6 is 0 Å². The molecule has 4 heteroatoms. The molecule has 0 spiro atoms. The molecule has 4 nitrogen and oxygen atoms in total. The van der Waals surface area contributed by atoms with E-state index in [1.807, 2.05) is 49.4 Å². The Bertz CT molecular complexity index is 1050. The molecular weight excluding hydrogens is 348 g/mol. The van der Waals surface area contributed by atoms with Gasteiger partial charge in [-0.2, -0.15) is 0 Å². The molecular formula is C24H26N2O2. The van der Waals surface area contributed by atoms with E-state index in [9.17, 15) is 9.59 Å². The lowest BCUT2D eigenvalue weighted by molar-refractivity contribution is 0.0884. The maximum absolute atomic E-state index is 13.5. The Hall–Kier alpha value is -2.88. The van der Waals surface area contributed by atoms with E-state index >= 15 is 0 Å². The van der Waals surface area contributed by atoms with E-state index in [1.54, 1.807) is 4.57 Å². The Morgan fingerprint density at radius 3 is 2.39 bits per heavy atom. The van der Waals surface area contributed by atoms with Gasteiger partial charge in [-0.3, -0.25) is 14.2 Å². The number of anilines is 1. The van der Waals surface area contributed by atoms with Crippen LogP contribution in [0.5, 0.6) is 0 Å². The zero-order valence-corrected chi connectivity index (χ0v) is 16.5. The van der Waals surface area contributed by atoms with Gasteiger partial charge < -0.3 is 5.73 Å². The minimum atomic E-state index is -0.198. The van der Waals surface area contributed by atoms with Crippen molar-refractivity contribution >= 4 is 28.3 Å². The summed E-state index contributed by atoms with van der Waals surface area (Å²) >= 11 is 0. The summed E-state index contributed by atoms with van der Waals surface area (Å²) in [6.07, 6.45) is 4.78. The Kier molecular flexibility index (Phi) is 4.80. The van der Waals surface area contributed by atoms with Crippen molar-refractivity contribution in [2.45, 2.75) is 46.0 Å². The summed E-state index contributed by atoms with van der Waals surface area (Å²) in [5.74, 6) is -0.235. The van der Waals surface area contributed by atoms with Crippen molar-refractivity contribution in [3.8, 4) is 0 Å². The first-order valence-electron chi connectivity index (χ1n) is 10.1. The van der Waals surface area contributed by atoms with Crippen LogP contribution in [0.3, 0.4) is 0 Å². The maximum Gasteiger partial charge on any atom is 0.263 e. The number of benzene rings is 2. The van der Waals surface area contributed by atoms with Crippen LogP contribution in [0.4, 0.5) is 5.69 Å². The molecule has 1 saturated carbocycles. The predicted octanol–water partition coefficient (Wildman–Crippen LogP) is 5.16. The quantitative estimate of drug-likeness (QED) is 0.642. The number of aryl methyl sites for hydroxylation is 2. The van der Waals surface area contributed by atoms with Crippen LogP contribution in [-0.2, 0) is 6.42 Å². The number of carbonyl (C=O) groups excluding carboxylic acids is 2. The minimum absolute atomic E-state index is 0.00382. The number of ketones is 1. The molecule has 0 unspecified atom stereocenters. The maximum atomic E-state index is 13.5. The van der Waals surface area contributed by atoms with Crippen LogP contribution in [0.15, 0.2) is 42.5 Å². The van der Waals surface area contributed by atoms with Gasteiger partial charge in [0.2, 0.25) is 0 Å². The van der Waals surface area contributed by atoms with Crippen LogP contribution in [0.2, 0.25) is 0 Å². The molecule has 0 atom stereocenters. The molecule has 0 bridgehead atoms. The lowest BCUT2D eigenvalue weighted by atomic mass is 9.98. The molecule has 1 aliphatic carbocycles. The number of nitrogens with zero attached hydrogens (tertiary/aromatic N) is 1. The molecule has 2 N–H and O–H groups in total. The van der Waals surface area contributed by atoms with Crippen LogP contribution in [0, 0.1) is 12.8 Å². The molecule has 0 aliphatic heterocycles. The fourth-order valence-corrected chi connectivity index (χ4v) is 4.40. The summed E-state index contributed by atoms with van der Waals surface area (Å²) in [4.78, 5) is 26.8. The zero-order chi connectivity index (χ0) is 19.8. The summed E-state index contributed by atoms with van der Waals surface area (Å²) in [5, 5.41) is 0.808. The average molecular weight is 374 g/mol. The van der Waals surface area contributed by atoms with E-state index in [0.717, 1.165) is 43.1 Å². The fraction of sp³-hybridized carbons (Fsp3) is 0.333. The second-order valence-electron chi connectivity index (χ2n) is 7.77. The molecule has 1 aromatic heterocycles. The van der Waals surface area contributed by atoms with E-state index < -0.39 is 0 Å². The lowest BCUT2D eigenvalue weighted by Crippen LogP contribution is -2.22. The molecule has 2 aromatic carbocycles.